The lowest BCUT2D eigenvalue weighted by Crippen LogP contribution is -2.69. The molecule has 4 heteroatoms. The molecule has 2 aromatic carbocycles. The first-order valence-electron chi connectivity index (χ1n) is 17.1. The van der Waals surface area contributed by atoms with Gasteiger partial charge in [-0.05, 0) is 133 Å². The third-order valence-corrected chi connectivity index (χ3v) is 12.4. The Bertz CT molecular complexity index is 1130. The molecular weight excluding hydrogens is 520 g/mol. The number of carbonyl (C=O) groups is 2. The zero-order valence-electron chi connectivity index (χ0n) is 25.6. The molecule has 0 aromatic heterocycles. The maximum absolute atomic E-state index is 12.2. The van der Waals surface area contributed by atoms with Crippen LogP contribution in [0.15, 0.2) is 48.5 Å². The molecule has 0 atom stereocenters. The molecule has 0 unspecified atom stereocenters. The highest BCUT2D eigenvalue weighted by Crippen LogP contribution is 2.77. The van der Waals surface area contributed by atoms with Crippen molar-refractivity contribution in [1.82, 2.24) is 0 Å². The molecule has 0 aliphatic heterocycles. The molecule has 2 aromatic rings. The van der Waals surface area contributed by atoms with Gasteiger partial charge < -0.3 is 9.47 Å². The Kier molecular flexibility index (Phi) is 7.47. The molecule has 42 heavy (non-hydrogen) atoms. The number of unbranched alkanes of at least 4 members (excludes halogenated alkanes) is 4. The summed E-state index contributed by atoms with van der Waals surface area (Å²) in [5, 5.41) is 0. The molecule has 0 radical (unpaired) electrons. The van der Waals surface area contributed by atoms with Gasteiger partial charge >= 0.3 is 11.9 Å². The van der Waals surface area contributed by atoms with E-state index in [2.05, 4.69) is 38.1 Å². The van der Waals surface area contributed by atoms with E-state index in [0.29, 0.717) is 35.2 Å². The Morgan fingerprint density at radius 2 is 0.857 bits per heavy atom. The van der Waals surface area contributed by atoms with Gasteiger partial charge in [0, 0.05) is 12.8 Å². The highest BCUT2D eigenvalue weighted by atomic mass is 16.5. The van der Waals surface area contributed by atoms with Crippen LogP contribution in [-0.2, 0) is 20.4 Å². The van der Waals surface area contributed by atoms with Crippen LogP contribution >= 0.6 is 0 Å². The second-order valence-electron chi connectivity index (χ2n) is 14.7. The summed E-state index contributed by atoms with van der Waals surface area (Å²) >= 11 is 0. The molecule has 0 heterocycles. The van der Waals surface area contributed by atoms with Gasteiger partial charge in [-0.1, -0.05) is 63.8 Å². The number of ether oxygens (including phenoxy) is 2. The quantitative estimate of drug-likeness (QED) is 0.146. The van der Waals surface area contributed by atoms with E-state index < -0.39 is 0 Å². The summed E-state index contributed by atoms with van der Waals surface area (Å²) in [6.07, 6.45) is 15.2. The number of benzene rings is 2. The lowest BCUT2D eigenvalue weighted by Gasteiger charge is -2.75. The second-order valence-corrected chi connectivity index (χ2v) is 14.7. The molecule has 0 amide bonds. The van der Waals surface area contributed by atoms with Crippen molar-refractivity contribution < 1.29 is 19.1 Å². The molecule has 9 rings (SSSR count). The van der Waals surface area contributed by atoms with E-state index in [1.54, 1.807) is 0 Å². The summed E-state index contributed by atoms with van der Waals surface area (Å²) in [7, 11) is 0. The molecule has 0 saturated heterocycles. The van der Waals surface area contributed by atoms with Gasteiger partial charge in [-0.2, -0.15) is 0 Å². The monoisotopic (exact) mass is 568 g/mol. The predicted octanol–water partition coefficient (Wildman–Crippen LogP) is 8.94. The zero-order valence-corrected chi connectivity index (χ0v) is 25.6. The highest BCUT2D eigenvalue weighted by Gasteiger charge is 2.70. The van der Waals surface area contributed by atoms with Gasteiger partial charge in [-0.25, -0.2) is 0 Å². The number of hydrogen-bond acceptors (Lipinski definition) is 4. The Labute approximate surface area is 251 Å². The van der Waals surface area contributed by atoms with Crippen molar-refractivity contribution in [2.75, 3.05) is 0 Å². The minimum Gasteiger partial charge on any atom is -0.427 e. The summed E-state index contributed by atoms with van der Waals surface area (Å²) in [5.74, 6) is 6.30. The van der Waals surface area contributed by atoms with E-state index in [4.69, 9.17) is 9.47 Å². The van der Waals surface area contributed by atoms with Crippen LogP contribution in [0, 0.1) is 35.5 Å². The van der Waals surface area contributed by atoms with E-state index in [1.165, 1.54) is 49.7 Å². The molecule has 8 bridgehead atoms. The van der Waals surface area contributed by atoms with E-state index in [1.807, 2.05) is 24.3 Å². The fourth-order valence-corrected chi connectivity index (χ4v) is 10.8. The van der Waals surface area contributed by atoms with Crippen molar-refractivity contribution in [2.45, 2.75) is 115 Å². The Morgan fingerprint density at radius 3 is 1.14 bits per heavy atom. The second kappa shape index (κ2) is 11.1. The van der Waals surface area contributed by atoms with Crippen molar-refractivity contribution in [3.8, 4) is 11.5 Å². The summed E-state index contributed by atoms with van der Waals surface area (Å²) in [6, 6.07) is 17.3. The molecule has 0 spiro atoms. The first-order valence-corrected chi connectivity index (χ1v) is 17.1. The molecule has 4 nitrogen and oxygen atoms in total. The van der Waals surface area contributed by atoms with Crippen LogP contribution in [-0.4, -0.2) is 11.9 Å². The number of esters is 2. The van der Waals surface area contributed by atoms with Crippen LogP contribution in [0.4, 0.5) is 0 Å². The van der Waals surface area contributed by atoms with Crippen molar-refractivity contribution in [2.24, 2.45) is 35.5 Å². The average molecular weight is 569 g/mol. The van der Waals surface area contributed by atoms with E-state index in [0.717, 1.165) is 74.0 Å². The van der Waals surface area contributed by atoms with Crippen LogP contribution in [0.2, 0.25) is 0 Å². The van der Waals surface area contributed by atoms with Crippen molar-refractivity contribution in [3.05, 3.63) is 59.7 Å². The average Bonchev–Trinajstić information content (AvgIpc) is 3.00. The number of carbonyl (C=O) groups excluding carboxylic acids is 2. The van der Waals surface area contributed by atoms with E-state index in [-0.39, 0.29) is 11.9 Å². The molecule has 7 aliphatic rings. The lowest BCUT2D eigenvalue weighted by atomic mass is 9.29. The lowest BCUT2D eigenvalue weighted by molar-refractivity contribution is -0.221. The largest absolute Gasteiger partial charge is 0.427 e. The van der Waals surface area contributed by atoms with E-state index >= 15 is 0 Å². The first kappa shape index (κ1) is 28.2. The smallest absolute Gasteiger partial charge is 0.311 e. The van der Waals surface area contributed by atoms with Crippen LogP contribution in [0.3, 0.4) is 0 Å². The van der Waals surface area contributed by atoms with Gasteiger partial charge in [0.2, 0.25) is 0 Å². The molecule has 0 N–H and O–H groups in total. The molecule has 7 aliphatic carbocycles. The Hall–Kier alpha value is -2.62. The maximum Gasteiger partial charge on any atom is 0.311 e. The first-order chi connectivity index (χ1) is 20.4. The Morgan fingerprint density at radius 1 is 0.548 bits per heavy atom. The van der Waals surface area contributed by atoms with Crippen molar-refractivity contribution >= 4 is 11.9 Å². The van der Waals surface area contributed by atoms with Gasteiger partial charge in [0.05, 0.1) is 0 Å². The van der Waals surface area contributed by atoms with Gasteiger partial charge in [0.1, 0.15) is 11.5 Å². The fourth-order valence-electron chi connectivity index (χ4n) is 10.8. The molecular formula is C38H48O4. The van der Waals surface area contributed by atoms with Crippen molar-refractivity contribution in [3.63, 3.8) is 0 Å². The minimum atomic E-state index is -0.106. The number of rotatable bonds is 12. The van der Waals surface area contributed by atoms with Crippen LogP contribution in [0.1, 0.15) is 115 Å². The molecule has 7 fully saturated rings. The topological polar surface area (TPSA) is 52.6 Å². The van der Waals surface area contributed by atoms with E-state index in [9.17, 15) is 9.59 Å². The number of hydrogen-bond donors (Lipinski definition) is 0. The predicted molar refractivity (Wildman–Crippen MR) is 164 cm³/mol. The summed E-state index contributed by atoms with van der Waals surface area (Å²) in [4.78, 5) is 24.5. The zero-order chi connectivity index (χ0) is 28.9. The highest BCUT2D eigenvalue weighted by molar-refractivity contribution is 5.72. The van der Waals surface area contributed by atoms with Gasteiger partial charge in [0.25, 0.3) is 0 Å². The SMILES string of the molecule is CCCCCC(=O)Oc1ccc(C23CC4C5CC6(c7ccc(OC(=O)CCCCC)cc7)C[C@H]4C(C2)[C@H](C6)C5C3)cc1. The van der Waals surface area contributed by atoms with Crippen LogP contribution < -0.4 is 9.47 Å². The molecule has 224 valence electrons. The van der Waals surface area contributed by atoms with Gasteiger partial charge in [-0.15, -0.1) is 0 Å². The van der Waals surface area contributed by atoms with Gasteiger partial charge in [-0.3, -0.25) is 9.59 Å². The van der Waals surface area contributed by atoms with Crippen molar-refractivity contribution in [1.29, 1.82) is 0 Å². The maximum atomic E-state index is 12.2. The Balaban J connectivity index is 1.02. The standard InChI is InChI=1S/C38H48O4/c1-3-5-7-9-35(39)41-27-15-11-25(12-16-27)37-19-29-32-22-38(23-33(29)31(21-37)34(24-38)30(32)20-37)26-13-17-28(18-14-26)42-36(40)10-8-6-4-2/h11-18,29-34H,3-10,19-24H2,1-2H3/t29-,30-,31?,32?,33?,34?,37?,38?/m0/s1. The fraction of sp³-hybridized carbons (Fsp3) is 0.632. The van der Waals surface area contributed by atoms with Gasteiger partial charge in [0.15, 0.2) is 0 Å². The summed E-state index contributed by atoms with van der Waals surface area (Å²) in [5.41, 5.74) is 3.59. The van der Waals surface area contributed by atoms with Crippen LogP contribution in [0.5, 0.6) is 11.5 Å². The summed E-state index contributed by atoms with van der Waals surface area (Å²) in [6.45, 7) is 4.30. The van der Waals surface area contributed by atoms with Crippen LogP contribution in [0.25, 0.3) is 0 Å². The third-order valence-electron chi connectivity index (χ3n) is 12.4. The summed E-state index contributed by atoms with van der Waals surface area (Å²) < 4.78 is 11.3. The normalized spacial score (nSPS) is 35.0. The molecule has 7 saturated carbocycles. The third kappa shape index (κ3) is 4.81. The minimum absolute atomic E-state index is 0.106.